The van der Waals surface area contributed by atoms with Gasteiger partial charge in [-0.25, -0.2) is 0 Å². The first-order valence-corrected chi connectivity index (χ1v) is 6.39. The smallest absolute Gasteiger partial charge is 0.245 e. The second-order valence-electron chi connectivity index (χ2n) is 4.30. The van der Waals surface area contributed by atoms with Crippen molar-refractivity contribution in [1.29, 1.82) is 0 Å². The van der Waals surface area contributed by atoms with Gasteiger partial charge in [0, 0.05) is 26.5 Å². The number of methoxy groups -OCH3 is 1. The Hall–Kier alpha value is -2.21. The van der Waals surface area contributed by atoms with Gasteiger partial charge in [-0.05, 0) is 5.56 Å². The van der Waals surface area contributed by atoms with Crippen molar-refractivity contribution in [3.05, 3.63) is 47.6 Å². The van der Waals surface area contributed by atoms with E-state index in [4.69, 9.17) is 9.26 Å². The Morgan fingerprint density at radius 1 is 1.35 bits per heavy atom. The molecule has 0 saturated heterocycles. The third kappa shape index (κ3) is 4.47. The van der Waals surface area contributed by atoms with Crippen LogP contribution in [-0.2, 0) is 22.4 Å². The molecule has 0 aliphatic rings. The molecule has 0 fully saturated rings. The molecule has 1 aromatic heterocycles. The number of nitrogens with one attached hydrogen (secondary N) is 1. The lowest BCUT2D eigenvalue weighted by molar-refractivity contribution is -0.124. The Kier molecular flexibility index (Phi) is 5.25. The van der Waals surface area contributed by atoms with Crippen LogP contribution in [0.25, 0.3) is 0 Å². The van der Waals surface area contributed by atoms with Crippen LogP contribution in [0.4, 0.5) is 0 Å². The summed E-state index contributed by atoms with van der Waals surface area (Å²) in [5.41, 5.74) is 1.13. The van der Waals surface area contributed by atoms with Gasteiger partial charge in [0.2, 0.25) is 11.8 Å². The number of amides is 1. The molecule has 1 amide bonds. The second kappa shape index (κ2) is 7.40. The monoisotopic (exact) mass is 275 g/mol. The number of benzene rings is 1. The molecule has 2 rings (SSSR count). The zero-order valence-electron chi connectivity index (χ0n) is 11.3. The predicted molar refractivity (Wildman–Crippen MR) is 72.1 cm³/mol. The molecule has 6 nitrogen and oxygen atoms in total. The minimum absolute atomic E-state index is 0.0586. The Bertz CT molecular complexity index is 540. The molecule has 1 aromatic carbocycles. The van der Waals surface area contributed by atoms with E-state index in [1.54, 1.807) is 0 Å². The summed E-state index contributed by atoms with van der Waals surface area (Å²) in [4.78, 5) is 15.5. The van der Waals surface area contributed by atoms with E-state index in [0.29, 0.717) is 31.1 Å². The molecule has 1 heterocycles. The largest absolute Gasteiger partial charge is 0.375 e. The maximum atomic E-state index is 11.2. The molecule has 2 aromatic rings. The molecule has 0 radical (unpaired) electrons. The first-order valence-electron chi connectivity index (χ1n) is 6.39. The molecule has 0 spiro atoms. The Morgan fingerprint density at radius 2 is 2.15 bits per heavy atom. The molecule has 20 heavy (non-hydrogen) atoms. The van der Waals surface area contributed by atoms with Gasteiger partial charge >= 0.3 is 0 Å². The fourth-order valence-electron chi connectivity index (χ4n) is 1.73. The van der Waals surface area contributed by atoms with Gasteiger partial charge in [0.1, 0.15) is 6.61 Å². The van der Waals surface area contributed by atoms with Crippen LogP contribution in [0.15, 0.2) is 34.9 Å². The fraction of sp³-hybridized carbons (Fsp3) is 0.357. The molecule has 0 aliphatic heterocycles. The lowest BCUT2D eigenvalue weighted by atomic mass is 10.1. The summed E-state index contributed by atoms with van der Waals surface area (Å²) in [7, 11) is 1.48. The van der Waals surface area contributed by atoms with Gasteiger partial charge < -0.3 is 14.6 Å². The first-order chi connectivity index (χ1) is 9.78. The van der Waals surface area contributed by atoms with Gasteiger partial charge in [-0.3, -0.25) is 4.79 Å². The number of hydrogen-bond donors (Lipinski definition) is 1. The summed E-state index contributed by atoms with van der Waals surface area (Å²) >= 11 is 0. The number of carbonyl (C=O) groups is 1. The van der Waals surface area contributed by atoms with E-state index in [1.807, 2.05) is 30.3 Å². The summed E-state index contributed by atoms with van der Waals surface area (Å²) in [6.45, 7) is 0.512. The van der Waals surface area contributed by atoms with E-state index in [2.05, 4.69) is 15.5 Å². The molecular formula is C14H17N3O3. The number of ether oxygens (including phenoxy) is 1. The topological polar surface area (TPSA) is 77.2 Å². The third-order valence-electron chi connectivity index (χ3n) is 2.65. The van der Waals surface area contributed by atoms with E-state index >= 15 is 0 Å². The van der Waals surface area contributed by atoms with E-state index in [1.165, 1.54) is 7.11 Å². The number of aromatic nitrogens is 2. The van der Waals surface area contributed by atoms with Crippen molar-refractivity contribution in [2.24, 2.45) is 0 Å². The van der Waals surface area contributed by atoms with Crippen LogP contribution in [-0.4, -0.2) is 36.3 Å². The highest BCUT2D eigenvalue weighted by Gasteiger charge is 2.07. The molecule has 0 atom stereocenters. The highest BCUT2D eigenvalue weighted by atomic mass is 16.5. The van der Waals surface area contributed by atoms with Crippen molar-refractivity contribution < 1.29 is 14.1 Å². The van der Waals surface area contributed by atoms with Crippen molar-refractivity contribution in [3.63, 3.8) is 0 Å². The minimum Gasteiger partial charge on any atom is -0.375 e. The zero-order valence-corrected chi connectivity index (χ0v) is 11.3. The van der Waals surface area contributed by atoms with E-state index < -0.39 is 0 Å². The van der Waals surface area contributed by atoms with Crippen molar-refractivity contribution in [2.45, 2.75) is 12.8 Å². The van der Waals surface area contributed by atoms with Crippen molar-refractivity contribution in [1.82, 2.24) is 15.5 Å². The summed E-state index contributed by atoms with van der Waals surface area (Å²) in [6, 6.07) is 9.94. The number of nitrogens with zero attached hydrogens (tertiary/aromatic N) is 2. The average Bonchev–Trinajstić information content (AvgIpc) is 2.88. The number of hydrogen-bond acceptors (Lipinski definition) is 5. The van der Waals surface area contributed by atoms with Gasteiger partial charge in [-0.15, -0.1) is 0 Å². The molecule has 0 saturated carbocycles. The highest BCUT2D eigenvalue weighted by molar-refractivity contribution is 5.77. The summed E-state index contributed by atoms with van der Waals surface area (Å²) in [5.74, 6) is 1.01. The van der Waals surface area contributed by atoms with Gasteiger partial charge in [0.05, 0.1) is 0 Å². The van der Waals surface area contributed by atoms with Crippen molar-refractivity contribution >= 4 is 5.91 Å². The van der Waals surface area contributed by atoms with E-state index in [9.17, 15) is 4.79 Å². The average molecular weight is 275 g/mol. The van der Waals surface area contributed by atoms with Crippen LogP contribution in [0.2, 0.25) is 0 Å². The van der Waals surface area contributed by atoms with Crippen LogP contribution in [0, 0.1) is 0 Å². The summed E-state index contributed by atoms with van der Waals surface area (Å²) in [5, 5.41) is 6.62. The Labute approximate surface area is 117 Å². The third-order valence-corrected chi connectivity index (χ3v) is 2.65. The molecule has 0 bridgehead atoms. The maximum Gasteiger partial charge on any atom is 0.245 e. The zero-order chi connectivity index (χ0) is 14.2. The van der Waals surface area contributed by atoms with Crippen molar-refractivity contribution in [3.8, 4) is 0 Å². The van der Waals surface area contributed by atoms with Crippen LogP contribution < -0.4 is 5.32 Å². The second-order valence-corrected chi connectivity index (χ2v) is 4.30. The van der Waals surface area contributed by atoms with Crippen LogP contribution in [0.1, 0.15) is 17.3 Å². The van der Waals surface area contributed by atoms with Gasteiger partial charge in [-0.2, -0.15) is 4.98 Å². The van der Waals surface area contributed by atoms with Gasteiger partial charge in [0.15, 0.2) is 5.82 Å². The normalized spacial score (nSPS) is 10.4. The van der Waals surface area contributed by atoms with Crippen LogP contribution in [0.5, 0.6) is 0 Å². The minimum atomic E-state index is -0.156. The summed E-state index contributed by atoms with van der Waals surface area (Å²) < 4.78 is 9.85. The first kappa shape index (κ1) is 14.2. The molecule has 6 heteroatoms. The predicted octanol–water partition coefficient (Wildman–Crippen LogP) is 0.965. The highest BCUT2D eigenvalue weighted by Crippen LogP contribution is 2.06. The molecule has 0 aliphatic carbocycles. The summed E-state index contributed by atoms with van der Waals surface area (Å²) in [6.07, 6.45) is 1.15. The standard InChI is InChI=1S/C14H17N3O3/c1-19-10-13(18)15-8-7-14-16-12(17-20-14)9-11-5-3-2-4-6-11/h2-6H,7-10H2,1H3,(H,15,18). The Balaban J connectivity index is 1.79. The lowest BCUT2D eigenvalue weighted by Crippen LogP contribution is -2.29. The van der Waals surface area contributed by atoms with Crippen molar-refractivity contribution in [2.75, 3.05) is 20.3 Å². The maximum absolute atomic E-state index is 11.2. The van der Waals surface area contributed by atoms with Gasteiger partial charge in [-0.1, -0.05) is 35.5 Å². The Morgan fingerprint density at radius 3 is 2.90 bits per heavy atom. The fourth-order valence-corrected chi connectivity index (χ4v) is 1.73. The molecular weight excluding hydrogens is 258 g/mol. The molecule has 1 N–H and O–H groups in total. The number of rotatable bonds is 7. The molecule has 106 valence electrons. The molecule has 0 unspecified atom stereocenters. The quantitative estimate of drug-likeness (QED) is 0.814. The number of carbonyl (C=O) groups excluding carboxylic acids is 1. The van der Waals surface area contributed by atoms with Gasteiger partial charge in [0.25, 0.3) is 0 Å². The van der Waals surface area contributed by atoms with E-state index in [-0.39, 0.29) is 12.5 Å². The van der Waals surface area contributed by atoms with E-state index in [0.717, 1.165) is 5.56 Å². The lowest BCUT2D eigenvalue weighted by Gasteiger charge is -2.01. The van der Waals surface area contributed by atoms with Crippen LogP contribution in [0.3, 0.4) is 0 Å². The SMILES string of the molecule is COCC(=O)NCCc1nc(Cc2ccccc2)no1. The van der Waals surface area contributed by atoms with Crippen LogP contribution >= 0.6 is 0 Å².